The number of hydrogen-bond acceptors (Lipinski definition) is 8. The molecule has 1 amide bonds. The number of anilines is 1. The second-order valence-corrected chi connectivity index (χ2v) is 8.02. The number of hydrogen-bond donors (Lipinski definition) is 1. The molecule has 4 rings (SSSR count). The third kappa shape index (κ3) is 4.68. The normalized spacial score (nSPS) is 16.5. The number of Topliss-reactive ketones (excluding diaryl/α,β-unsaturated/α-hetero) is 1. The van der Waals surface area contributed by atoms with Gasteiger partial charge in [0.15, 0.2) is 11.5 Å². The number of rotatable bonds is 8. The van der Waals surface area contributed by atoms with E-state index in [9.17, 15) is 24.8 Å². The van der Waals surface area contributed by atoms with E-state index in [1.54, 1.807) is 42.5 Å². The van der Waals surface area contributed by atoms with Crippen LogP contribution in [0.1, 0.15) is 24.1 Å². The number of ketones is 1. The van der Waals surface area contributed by atoms with Crippen LogP contribution >= 0.6 is 0 Å². The van der Waals surface area contributed by atoms with Crippen molar-refractivity contribution in [2.45, 2.75) is 13.0 Å². The molecule has 1 N–H and O–H groups in total. The first-order chi connectivity index (χ1) is 17.8. The summed E-state index contributed by atoms with van der Waals surface area (Å²) in [5.74, 6) is -0.892. The third-order valence-electron chi connectivity index (χ3n) is 5.93. The van der Waals surface area contributed by atoms with Gasteiger partial charge in [-0.2, -0.15) is 0 Å². The molecule has 3 aromatic rings. The van der Waals surface area contributed by atoms with Crippen molar-refractivity contribution in [1.29, 1.82) is 0 Å². The van der Waals surface area contributed by atoms with Crippen LogP contribution in [0.4, 0.5) is 11.4 Å². The quantitative estimate of drug-likeness (QED) is 0.155. The van der Waals surface area contributed by atoms with Gasteiger partial charge in [-0.1, -0.05) is 12.1 Å². The number of aliphatic hydroxyl groups excluding tert-OH is 1. The SMILES string of the molecule is CCOc1cc(C2/C(=C(/O)c3ccc([N+](=O)[O-])cc3)C(=O)C(=O)N2c2cccc(OC)c2)ccc1OC. The molecule has 1 aliphatic heterocycles. The summed E-state index contributed by atoms with van der Waals surface area (Å²) in [6.45, 7) is 2.15. The predicted molar refractivity (Wildman–Crippen MR) is 135 cm³/mol. The maximum Gasteiger partial charge on any atom is 0.300 e. The van der Waals surface area contributed by atoms with E-state index < -0.39 is 28.4 Å². The number of nitrogens with zero attached hydrogens (tertiary/aromatic N) is 2. The summed E-state index contributed by atoms with van der Waals surface area (Å²) in [5, 5.41) is 22.3. The molecule has 10 nitrogen and oxygen atoms in total. The molecule has 0 bridgehead atoms. The molecule has 190 valence electrons. The van der Waals surface area contributed by atoms with Crippen molar-refractivity contribution in [2.24, 2.45) is 0 Å². The van der Waals surface area contributed by atoms with Gasteiger partial charge < -0.3 is 19.3 Å². The summed E-state index contributed by atoms with van der Waals surface area (Å²) >= 11 is 0. The molecule has 1 fully saturated rings. The minimum Gasteiger partial charge on any atom is -0.507 e. The third-order valence-corrected chi connectivity index (χ3v) is 5.93. The number of amides is 1. The molecule has 0 aliphatic carbocycles. The zero-order chi connectivity index (χ0) is 26.7. The van der Waals surface area contributed by atoms with Crippen LogP contribution in [0.15, 0.2) is 72.3 Å². The Bertz CT molecular complexity index is 1400. The van der Waals surface area contributed by atoms with Crippen LogP contribution in [0.2, 0.25) is 0 Å². The molecule has 0 saturated carbocycles. The lowest BCUT2D eigenvalue weighted by molar-refractivity contribution is -0.384. The van der Waals surface area contributed by atoms with E-state index in [1.165, 1.54) is 43.4 Å². The smallest absolute Gasteiger partial charge is 0.300 e. The standard InChI is InChI=1S/C27H24N2O8/c1-4-37-22-14-17(10-13-21(22)36-3)24-23(25(30)16-8-11-18(12-9-16)29(33)34)26(31)27(32)28(24)19-6-5-7-20(15-19)35-2/h5-15,24,30H,4H2,1-3H3/b25-23-. The molecular weight excluding hydrogens is 480 g/mol. The Kier molecular flexibility index (Phi) is 7.10. The second kappa shape index (κ2) is 10.4. The van der Waals surface area contributed by atoms with Crippen LogP contribution in [-0.2, 0) is 9.59 Å². The van der Waals surface area contributed by atoms with E-state index in [1.807, 2.05) is 6.92 Å². The lowest BCUT2D eigenvalue weighted by Gasteiger charge is -2.26. The molecule has 37 heavy (non-hydrogen) atoms. The lowest BCUT2D eigenvalue weighted by Crippen LogP contribution is -2.29. The summed E-state index contributed by atoms with van der Waals surface area (Å²) in [7, 11) is 2.98. The number of benzene rings is 3. The van der Waals surface area contributed by atoms with Gasteiger partial charge in [-0.3, -0.25) is 24.6 Å². The van der Waals surface area contributed by atoms with Crippen molar-refractivity contribution < 1.29 is 33.8 Å². The fourth-order valence-electron chi connectivity index (χ4n) is 4.20. The van der Waals surface area contributed by atoms with E-state index >= 15 is 0 Å². The van der Waals surface area contributed by atoms with Crippen molar-refractivity contribution in [1.82, 2.24) is 0 Å². The summed E-state index contributed by atoms with van der Waals surface area (Å²) in [6.07, 6.45) is 0. The molecular formula is C27H24N2O8. The van der Waals surface area contributed by atoms with Gasteiger partial charge in [-0.15, -0.1) is 0 Å². The highest BCUT2D eigenvalue weighted by atomic mass is 16.6. The molecule has 1 saturated heterocycles. The van der Waals surface area contributed by atoms with E-state index in [0.717, 1.165) is 0 Å². The summed E-state index contributed by atoms with van der Waals surface area (Å²) < 4.78 is 16.4. The Labute approximate surface area is 212 Å². The van der Waals surface area contributed by atoms with Crippen LogP contribution in [0.5, 0.6) is 17.2 Å². The Balaban J connectivity index is 1.95. The van der Waals surface area contributed by atoms with E-state index in [4.69, 9.17) is 14.2 Å². The van der Waals surface area contributed by atoms with Crippen molar-refractivity contribution in [3.8, 4) is 17.2 Å². The number of carbonyl (C=O) groups is 2. The Morgan fingerprint density at radius 2 is 1.73 bits per heavy atom. The average molecular weight is 504 g/mol. The fourth-order valence-corrected chi connectivity index (χ4v) is 4.20. The van der Waals surface area contributed by atoms with Crippen LogP contribution < -0.4 is 19.1 Å². The van der Waals surface area contributed by atoms with Crippen molar-refractivity contribution in [3.63, 3.8) is 0 Å². The topological polar surface area (TPSA) is 128 Å². The Morgan fingerprint density at radius 3 is 2.35 bits per heavy atom. The first kappa shape index (κ1) is 25.2. The average Bonchev–Trinajstić information content (AvgIpc) is 3.18. The van der Waals surface area contributed by atoms with E-state index in [0.29, 0.717) is 35.1 Å². The molecule has 10 heteroatoms. The number of ether oxygens (including phenoxy) is 3. The first-order valence-electron chi connectivity index (χ1n) is 11.3. The van der Waals surface area contributed by atoms with Crippen LogP contribution in [0.25, 0.3) is 5.76 Å². The number of methoxy groups -OCH3 is 2. The minimum atomic E-state index is -1.03. The van der Waals surface area contributed by atoms with E-state index in [-0.39, 0.29) is 16.8 Å². The van der Waals surface area contributed by atoms with Crippen molar-refractivity contribution in [2.75, 3.05) is 25.7 Å². The maximum absolute atomic E-state index is 13.4. The fraction of sp³-hybridized carbons (Fsp3) is 0.185. The maximum atomic E-state index is 13.4. The lowest BCUT2D eigenvalue weighted by atomic mass is 9.94. The highest BCUT2D eigenvalue weighted by Crippen LogP contribution is 2.44. The number of carbonyl (C=O) groups excluding carboxylic acids is 2. The number of nitro groups is 1. The molecule has 1 aliphatic rings. The van der Waals surface area contributed by atoms with Gasteiger partial charge >= 0.3 is 0 Å². The highest BCUT2D eigenvalue weighted by Gasteiger charge is 2.47. The Hall–Kier alpha value is -4.86. The highest BCUT2D eigenvalue weighted by molar-refractivity contribution is 6.51. The molecule has 0 aromatic heterocycles. The molecule has 1 heterocycles. The molecule has 0 radical (unpaired) electrons. The van der Waals surface area contributed by atoms with Gasteiger partial charge in [0.05, 0.1) is 37.4 Å². The summed E-state index contributed by atoms with van der Waals surface area (Å²) in [6, 6.07) is 15.6. The monoisotopic (exact) mass is 504 g/mol. The minimum absolute atomic E-state index is 0.151. The van der Waals surface area contributed by atoms with E-state index in [2.05, 4.69) is 0 Å². The van der Waals surface area contributed by atoms with Gasteiger partial charge in [0.25, 0.3) is 17.4 Å². The van der Waals surface area contributed by atoms with Gasteiger partial charge in [0, 0.05) is 29.4 Å². The van der Waals surface area contributed by atoms with Gasteiger partial charge in [-0.25, -0.2) is 0 Å². The molecule has 1 atom stereocenters. The molecule has 1 unspecified atom stereocenters. The first-order valence-corrected chi connectivity index (χ1v) is 11.3. The van der Waals surface area contributed by atoms with Gasteiger partial charge in [-0.05, 0) is 48.9 Å². The zero-order valence-corrected chi connectivity index (χ0v) is 20.3. The number of non-ortho nitro benzene ring substituents is 1. The number of nitro benzene ring substituents is 1. The van der Waals surface area contributed by atoms with Gasteiger partial charge in [0.2, 0.25) is 0 Å². The molecule has 0 spiro atoms. The van der Waals surface area contributed by atoms with Gasteiger partial charge in [0.1, 0.15) is 11.5 Å². The second-order valence-electron chi connectivity index (χ2n) is 8.02. The largest absolute Gasteiger partial charge is 0.507 e. The number of aliphatic hydroxyl groups is 1. The van der Waals surface area contributed by atoms with Crippen LogP contribution in [0.3, 0.4) is 0 Å². The summed E-state index contributed by atoms with van der Waals surface area (Å²) in [5.41, 5.74) is 0.659. The summed E-state index contributed by atoms with van der Waals surface area (Å²) in [4.78, 5) is 38.5. The van der Waals surface area contributed by atoms with Crippen molar-refractivity contribution in [3.05, 3.63) is 93.5 Å². The molecule has 3 aromatic carbocycles. The zero-order valence-electron chi connectivity index (χ0n) is 20.3. The van der Waals surface area contributed by atoms with Crippen molar-refractivity contribution >= 4 is 28.8 Å². The predicted octanol–water partition coefficient (Wildman–Crippen LogP) is 4.64. The Morgan fingerprint density at radius 1 is 1.00 bits per heavy atom. The van der Waals surface area contributed by atoms with Crippen LogP contribution in [-0.4, -0.2) is 42.5 Å². The van der Waals surface area contributed by atoms with Crippen LogP contribution in [0, 0.1) is 10.1 Å².